The molecule has 0 aliphatic carbocycles. The van der Waals surface area contributed by atoms with Crippen LogP contribution < -0.4 is 5.69 Å². The molecule has 0 aliphatic heterocycles. The standard InChI is InChI=1S/C6H7N5O/c1-4-5-8-9-10(2)6(12)11(5)3-7-4/h3H,1-2H3. The molecule has 2 aromatic rings. The predicted octanol–water partition coefficient (Wildman–Crippen LogP) is -0.869. The van der Waals surface area contributed by atoms with Crippen molar-refractivity contribution in [2.24, 2.45) is 7.05 Å². The molecule has 0 bridgehead atoms. The minimum absolute atomic E-state index is 0.236. The first-order chi connectivity index (χ1) is 5.70. The highest BCUT2D eigenvalue weighted by Gasteiger charge is 2.04. The van der Waals surface area contributed by atoms with E-state index in [0.717, 1.165) is 4.68 Å². The van der Waals surface area contributed by atoms with Gasteiger partial charge in [-0.15, -0.1) is 5.10 Å². The molecule has 0 saturated carbocycles. The molecule has 62 valence electrons. The molecule has 0 aliphatic rings. The number of nitrogens with zero attached hydrogens (tertiary/aromatic N) is 5. The van der Waals surface area contributed by atoms with Gasteiger partial charge in [0.05, 0.1) is 5.69 Å². The van der Waals surface area contributed by atoms with Gasteiger partial charge in [-0.05, 0) is 6.92 Å². The first-order valence-electron chi connectivity index (χ1n) is 3.44. The van der Waals surface area contributed by atoms with Crippen LogP contribution in [-0.4, -0.2) is 24.4 Å². The molecule has 2 rings (SSSR count). The normalized spacial score (nSPS) is 10.8. The maximum atomic E-state index is 11.3. The smallest absolute Gasteiger partial charge is 0.245 e. The third-order valence-electron chi connectivity index (χ3n) is 1.68. The van der Waals surface area contributed by atoms with E-state index >= 15 is 0 Å². The highest BCUT2D eigenvalue weighted by Crippen LogP contribution is 1.97. The third kappa shape index (κ3) is 0.744. The fraction of sp³-hybridized carbons (Fsp3) is 0.333. The molecule has 0 aromatic carbocycles. The molecule has 0 N–H and O–H groups in total. The van der Waals surface area contributed by atoms with Crippen LogP contribution in [0.2, 0.25) is 0 Å². The second-order valence-electron chi connectivity index (χ2n) is 2.52. The molecule has 0 radical (unpaired) electrons. The SMILES string of the molecule is Cc1ncn2c(=O)n(C)nnc12. The number of hydrogen-bond donors (Lipinski definition) is 0. The van der Waals surface area contributed by atoms with E-state index in [1.165, 1.54) is 10.7 Å². The third-order valence-corrected chi connectivity index (χ3v) is 1.68. The van der Waals surface area contributed by atoms with Gasteiger partial charge in [0.15, 0.2) is 5.65 Å². The van der Waals surface area contributed by atoms with Crippen molar-refractivity contribution in [2.45, 2.75) is 6.92 Å². The molecule has 12 heavy (non-hydrogen) atoms. The molecule has 0 saturated heterocycles. The lowest BCUT2D eigenvalue weighted by molar-refractivity contribution is 0.606. The second-order valence-corrected chi connectivity index (χ2v) is 2.52. The minimum atomic E-state index is -0.236. The second kappa shape index (κ2) is 2.13. The van der Waals surface area contributed by atoms with Gasteiger partial charge >= 0.3 is 5.69 Å². The zero-order valence-corrected chi connectivity index (χ0v) is 6.72. The van der Waals surface area contributed by atoms with E-state index in [2.05, 4.69) is 15.3 Å². The lowest BCUT2D eigenvalue weighted by Crippen LogP contribution is -2.26. The number of aromatic nitrogens is 5. The van der Waals surface area contributed by atoms with Gasteiger partial charge in [-0.1, -0.05) is 5.21 Å². The molecule has 2 aromatic heterocycles. The number of aryl methyl sites for hydroxylation is 2. The van der Waals surface area contributed by atoms with Crippen LogP contribution >= 0.6 is 0 Å². The summed E-state index contributed by atoms with van der Waals surface area (Å²) in [6.07, 6.45) is 1.45. The van der Waals surface area contributed by atoms with E-state index in [9.17, 15) is 4.79 Å². The molecule has 0 unspecified atom stereocenters. The van der Waals surface area contributed by atoms with Crippen LogP contribution in [0.25, 0.3) is 5.65 Å². The van der Waals surface area contributed by atoms with Crippen molar-refractivity contribution in [1.29, 1.82) is 0 Å². The fourth-order valence-electron chi connectivity index (χ4n) is 0.995. The molecule has 6 nitrogen and oxygen atoms in total. The van der Waals surface area contributed by atoms with E-state index in [4.69, 9.17) is 0 Å². The van der Waals surface area contributed by atoms with E-state index in [1.54, 1.807) is 14.0 Å². The van der Waals surface area contributed by atoms with Gasteiger partial charge in [-0.25, -0.2) is 14.2 Å². The average molecular weight is 165 g/mol. The highest BCUT2D eigenvalue weighted by atomic mass is 16.2. The Morgan fingerprint density at radius 1 is 1.50 bits per heavy atom. The molecule has 0 fully saturated rings. The van der Waals surface area contributed by atoms with Crippen molar-refractivity contribution >= 4 is 5.65 Å². The van der Waals surface area contributed by atoms with Crippen LogP contribution in [0, 0.1) is 6.92 Å². The quantitative estimate of drug-likeness (QED) is 0.509. The van der Waals surface area contributed by atoms with Crippen molar-refractivity contribution in [3.05, 3.63) is 22.5 Å². The van der Waals surface area contributed by atoms with Gasteiger partial charge in [-0.2, -0.15) is 4.68 Å². The monoisotopic (exact) mass is 165 g/mol. The topological polar surface area (TPSA) is 65.1 Å². The molecule has 2 heterocycles. The Morgan fingerprint density at radius 2 is 2.25 bits per heavy atom. The summed E-state index contributed by atoms with van der Waals surface area (Å²) < 4.78 is 2.52. The van der Waals surface area contributed by atoms with E-state index in [-0.39, 0.29) is 5.69 Å². The Hall–Kier alpha value is -1.72. The van der Waals surface area contributed by atoms with E-state index < -0.39 is 0 Å². The van der Waals surface area contributed by atoms with Crippen LogP contribution in [0.1, 0.15) is 5.69 Å². The van der Waals surface area contributed by atoms with Gasteiger partial charge in [0.1, 0.15) is 6.33 Å². The Kier molecular flexibility index (Phi) is 1.24. The Morgan fingerprint density at radius 3 is 3.00 bits per heavy atom. The first-order valence-corrected chi connectivity index (χ1v) is 3.44. The summed E-state index contributed by atoms with van der Waals surface area (Å²) in [5, 5.41) is 7.45. The molecule has 6 heteroatoms. The van der Waals surface area contributed by atoms with Crippen LogP contribution in [0.5, 0.6) is 0 Å². The van der Waals surface area contributed by atoms with Crippen LogP contribution in [0.3, 0.4) is 0 Å². The number of rotatable bonds is 0. The van der Waals surface area contributed by atoms with Crippen molar-refractivity contribution in [3.8, 4) is 0 Å². The molecule has 0 atom stereocenters. The number of imidazole rings is 1. The molecular weight excluding hydrogens is 158 g/mol. The minimum Gasteiger partial charge on any atom is -0.245 e. The molecule has 0 spiro atoms. The summed E-state index contributed by atoms with van der Waals surface area (Å²) in [5.74, 6) is 0. The summed E-state index contributed by atoms with van der Waals surface area (Å²) in [5.41, 5.74) is 0.985. The van der Waals surface area contributed by atoms with Crippen LogP contribution in [0.15, 0.2) is 11.1 Å². The Labute approximate surface area is 67.5 Å². The molecular formula is C6H7N5O. The summed E-state index contributed by atoms with van der Waals surface area (Å²) in [6.45, 7) is 1.78. The summed E-state index contributed by atoms with van der Waals surface area (Å²) in [4.78, 5) is 15.3. The fourth-order valence-corrected chi connectivity index (χ4v) is 0.995. The number of fused-ring (bicyclic) bond motifs is 1. The Balaban J connectivity index is 3.03. The van der Waals surface area contributed by atoms with Crippen molar-refractivity contribution < 1.29 is 0 Å². The summed E-state index contributed by atoms with van der Waals surface area (Å²) in [7, 11) is 1.55. The lowest BCUT2D eigenvalue weighted by Gasteiger charge is -1.94. The Bertz CT molecular complexity index is 482. The summed E-state index contributed by atoms with van der Waals surface area (Å²) >= 11 is 0. The predicted molar refractivity (Wildman–Crippen MR) is 40.8 cm³/mol. The largest absolute Gasteiger partial charge is 0.352 e. The lowest BCUT2D eigenvalue weighted by atomic mass is 10.5. The zero-order chi connectivity index (χ0) is 8.72. The van der Waals surface area contributed by atoms with Gasteiger partial charge < -0.3 is 0 Å². The van der Waals surface area contributed by atoms with Gasteiger partial charge in [0.2, 0.25) is 0 Å². The summed E-state index contributed by atoms with van der Waals surface area (Å²) in [6, 6.07) is 0. The van der Waals surface area contributed by atoms with Crippen molar-refractivity contribution in [2.75, 3.05) is 0 Å². The van der Waals surface area contributed by atoms with Crippen molar-refractivity contribution in [3.63, 3.8) is 0 Å². The van der Waals surface area contributed by atoms with Gasteiger partial charge in [0.25, 0.3) is 0 Å². The zero-order valence-electron chi connectivity index (χ0n) is 6.72. The first kappa shape index (κ1) is 6.96. The highest BCUT2D eigenvalue weighted by molar-refractivity contribution is 5.40. The van der Waals surface area contributed by atoms with E-state index in [1.807, 2.05) is 0 Å². The molecule has 0 amide bonds. The van der Waals surface area contributed by atoms with Crippen molar-refractivity contribution in [1.82, 2.24) is 24.4 Å². The maximum absolute atomic E-state index is 11.3. The van der Waals surface area contributed by atoms with E-state index in [0.29, 0.717) is 11.3 Å². The average Bonchev–Trinajstić information content (AvgIpc) is 2.41. The van der Waals surface area contributed by atoms with Gasteiger partial charge in [0, 0.05) is 7.05 Å². The maximum Gasteiger partial charge on any atom is 0.352 e. The number of hydrogen-bond acceptors (Lipinski definition) is 4. The van der Waals surface area contributed by atoms with Crippen LogP contribution in [0.4, 0.5) is 0 Å². The van der Waals surface area contributed by atoms with Gasteiger partial charge in [-0.3, -0.25) is 0 Å². The van der Waals surface area contributed by atoms with Crippen LogP contribution in [-0.2, 0) is 7.05 Å².